The van der Waals surface area contributed by atoms with Crippen LogP contribution in [0.4, 0.5) is 11.6 Å². The highest BCUT2D eigenvalue weighted by Gasteiger charge is 2.10. The number of carbonyl (C=O) groups excluding carboxylic acids is 1. The summed E-state index contributed by atoms with van der Waals surface area (Å²) in [6, 6.07) is 7.33. The molecule has 1 heterocycles. The van der Waals surface area contributed by atoms with Gasteiger partial charge in [-0.2, -0.15) is 0 Å². The highest BCUT2D eigenvalue weighted by atomic mass is 16.1. The van der Waals surface area contributed by atoms with E-state index in [1.54, 1.807) is 24.5 Å². The van der Waals surface area contributed by atoms with Crippen molar-refractivity contribution in [3.05, 3.63) is 47.8 Å². The summed E-state index contributed by atoms with van der Waals surface area (Å²) in [5.41, 5.74) is 2.54. The molecule has 19 heavy (non-hydrogen) atoms. The second-order valence-electron chi connectivity index (χ2n) is 4.09. The van der Waals surface area contributed by atoms with Crippen LogP contribution in [0.3, 0.4) is 0 Å². The molecule has 0 radical (unpaired) electrons. The maximum absolute atomic E-state index is 12.1. The van der Waals surface area contributed by atoms with Crippen molar-refractivity contribution in [2.45, 2.75) is 13.8 Å². The number of anilines is 2. The number of aromatic nitrogens is 2. The normalized spacial score (nSPS) is 10.0. The van der Waals surface area contributed by atoms with E-state index in [1.807, 2.05) is 26.0 Å². The zero-order valence-electron chi connectivity index (χ0n) is 11.0. The van der Waals surface area contributed by atoms with Crippen LogP contribution in [0.25, 0.3) is 0 Å². The van der Waals surface area contributed by atoms with Crippen LogP contribution in [0, 0.1) is 6.92 Å². The van der Waals surface area contributed by atoms with Crippen molar-refractivity contribution in [1.29, 1.82) is 0 Å². The summed E-state index contributed by atoms with van der Waals surface area (Å²) in [5, 5.41) is 5.88. The van der Waals surface area contributed by atoms with E-state index in [0.29, 0.717) is 11.5 Å². The third-order valence-corrected chi connectivity index (χ3v) is 2.64. The Kier molecular flexibility index (Phi) is 4.07. The lowest BCUT2D eigenvalue weighted by Gasteiger charge is -2.09. The van der Waals surface area contributed by atoms with Gasteiger partial charge in [-0.3, -0.25) is 10.1 Å². The zero-order valence-corrected chi connectivity index (χ0v) is 11.0. The van der Waals surface area contributed by atoms with Crippen LogP contribution in [-0.4, -0.2) is 22.4 Å². The van der Waals surface area contributed by atoms with Gasteiger partial charge in [0, 0.05) is 30.2 Å². The minimum atomic E-state index is -0.202. The van der Waals surface area contributed by atoms with Gasteiger partial charge in [0.15, 0.2) is 0 Å². The van der Waals surface area contributed by atoms with Crippen LogP contribution in [0.15, 0.2) is 36.7 Å². The minimum absolute atomic E-state index is 0.202. The third-order valence-electron chi connectivity index (χ3n) is 2.64. The molecule has 2 N–H and O–H groups in total. The summed E-state index contributed by atoms with van der Waals surface area (Å²) in [6.45, 7) is 4.78. The fraction of sp³-hybridized carbons (Fsp3) is 0.214. The second kappa shape index (κ2) is 5.95. The van der Waals surface area contributed by atoms with Crippen LogP contribution < -0.4 is 10.6 Å². The van der Waals surface area contributed by atoms with Crippen LogP contribution in [-0.2, 0) is 0 Å². The molecule has 1 aromatic heterocycles. The molecular weight excluding hydrogens is 240 g/mol. The summed E-state index contributed by atoms with van der Waals surface area (Å²) in [5.74, 6) is 0.106. The lowest BCUT2D eigenvalue weighted by atomic mass is 10.1. The quantitative estimate of drug-likeness (QED) is 0.881. The monoisotopic (exact) mass is 256 g/mol. The Bertz CT molecular complexity index is 569. The summed E-state index contributed by atoms with van der Waals surface area (Å²) < 4.78 is 0. The van der Waals surface area contributed by atoms with E-state index in [-0.39, 0.29) is 5.91 Å². The Morgan fingerprint density at radius 2 is 2.00 bits per heavy atom. The number of hydrogen-bond donors (Lipinski definition) is 2. The van der Waals surface area contributed by atoms with Gasteiger partial charge in [0.25, 0.3) is 5.91 Å². The van der Waals surface area contributed by atoms with Gasteiger partial charge in [0.1, 0.15) is 0 Å². The number of carbonyl (C=O) groups is 1. The molecule has 0 saturated carbocycles. The first-order chi connectivity index (χ1) is 9.20. The molecule has 1 aromatic carbocycles. The fourth-order valence-electron chi connectivity index (χ4n) is 1.77. The van der Waals surface area contributed by atoms with E-state index in [4.69, 9.17) is 0 Å². The van der Waals surface area contributed by atoms with Gasteiger partial charge in [-0.05, 0) is 43.7 Å². The Balaban J connectivity index is 2.15. The molecule has 0 bridgehead atoms. The van der Waals surface area contributed by atoms with Crippen molar-refractivity contribution >= 4 is 17.5 Å². The Morgan fingerprint density at radius 1 is 1.26 bits per heavy atom. The molecule has 5 heteroatoms. The third kappa shape index (κ3) is 3.28. The molecule has 0 unspecified atom stereocenters. The highest BCUT2D eigenvalue weighted by molar-refractivity contribution is 6.04. The van der Waals surface area contributed by atoms with Crippen molar-refractivity contribution in [3.63, 3.8) is 0 Å². The molecule has 5 nitrogen and oxygen atoms in total. The average Bonchev–Trinajstić information content (AvgIpc) is 2.40. The van der Waals surface area contributed by atoms with E-state index < -0.39 is 0 Å². The van der Waals surface area contributed by atoms with E-state index >= 15 is 0 Å². The first-order valence-corrected chi connectivity index (χ1v) is 6.13. The molecule has 1 amide bonds. The summed E-state index contributed by atoms with van der Waals surface area (Å²) in [7, 11) is 0. The largest absolute Gasteiger partial charge is 0.385 e. The number of nitrogens with zero attached hydrogens (tertiary/aromatic N) is 2. The van der Waals surface area contributed by atoms with Gasteiger partial charge in [-0.15, -0.1) is 0 Å². The molecule has 0 aliphatic rings. The number of nitrogens with one attached hydrogen (secondary N) is 2. The predicted molar refractivity (Wildman–Crippen MR) is 75.3 cm³/mol. The van der Waals surface area contributed by atoms with Crippen molar-refractivity contribution < 1.29 is 4.79 Å². The van der Waals surface area contributed by atoms with Gasteiger partial charge >= 0.3 is 0 Å². The Labute approximate surface area is 112 Å². The second-order valence-corrected chi connectivity index (χ2v) is 4.09. The lowest BCUT2D eigenvalue weighted by molar-refractivity contribution is 0.102. The molecule has 0 aliphatic heterocycles. The maximum Gasteiger partial charge on any atom is 0.258 e. The summed E-state index contributed by atoms with van der Waals surface area (Å²) in [4.78, 5) is 20.0. The van der Waals surface area contributed by atoms with Crippen LogP contribution >= 0.6 is 0 Å². The average molecular weight is 256 g/mol. The van der Waals surface area contributed by atoms with Gasteiger partial charge < -0.3 is 5.32 Å². The minimum Gasteiger partial charge on any atom is -0.385 e. The van der Waals surface area contributed by atoms with E-state index in [9.17, 15) is 4.79 Å². The standard InChI is InChI=1S/C14H16N4O/c1-3-15-11-5-6-12(10(2)9-11)13(19)18-14-16-7-4-8-17-14/h4-9,15H,3H2,1-2H3,(H,16,17,18,19). The summed E-state index contributed by atoms with van der Waals surface area (Å²) >= 11 is 0. The van der Waals surface area contributed by atoms with Gasteiger partial charge in [0.05, 0.1) is 0 Å². The number of amides is 1. The van der Waals surface area contributed by atoms with E-state index in [0.717, 1.165) is 17.8 Å². The SMILES string of the molecule is CCNc1ccc(C(=O)Nc2ncccn2)c(C)c1. The van der Waals surface area contributed by atoms with Crippen molar-refractivity contribution in [2.75, 3.05) is 17.2 Å². The molecular formula is C14H16N4O. The molecule has 2 rings (SSSR count). The van der Waals surface area contributed by atoms with Crippen molar-refractivity contribution in [3.8, 4) is 0 Å². The predicted octanol–water partition coefficient (Wildman–Crippen LogP) is 2.47. The van der Waals surface area contributed by atoms with Crippen molar-refractivity contribution in [2.24, 2.45) is 0 Å². The molecule has 0 atom stereocenters. The first-order valence-electron chi connectivity index (χ1n) is 6.13. The van der Waals surface area contributed by atoms with E-state index in [2.05, 4.69) is 20.6 Å². The Hall–Kier alpha value is -2.43. The molecule has 0 spiro atoms. The van der Waals surface area contributed by atoms with Gasteiger partial charge in [-0.25, -0.2) is 9.97 Å². The maximum atomic E-state index is 12.1. The fourth-order valence-corrected chi connectivity index (χ4v) is 1.77. The van der Waals surface area contributed by atoms with Gasteiger partial charge in [0.2, 0.25) is 5.95 Å². The zero-order chi connectivity index (χ0) is 13.7. The number of aryl methyl sites for hydroxylation is 1. The lowest BCUT2D eigenvalue weighted by Crippen LogP contribution is -2.15. The smallest absolute Gasteiger partial charge is 0.258 e. The number of hydrogen-bond acceptors (Lipinski definition) is 4. The van der Waals surface area contributed by atoms with E-state index in [1.165, 1.54) is 0 Å². The molecule has 0 fully saturated rings. The molecule has 0 aliphatic carbocycles. The number of rotatable bonds is 4. The van der Waals surface area contributed by atoms with Crippen molar-refractivity contribution in [1.82, 2.24) is 9.97 Å². The van der Waals surface area contributed by atoms with Crippen LogP contribution in [0.2, 0.25) is 0 Å². The van der Waals surface area contributed by atoms with Gasteiger partial charge in [-0.1, -0.05) is 0 Å². The highest BCUT2D eigenvalue weighted by Crippen LogP contribution is 2.16. The van der Waals surface area contributed by atoms with Crippen LogP contribution in [0.1, 0.15) is 22.8 Å². The topological polar surface area (TPSA) is 66.9 Å². The summed E-state index contributed by atoms with van der Waals surface area (Å²) in [6.07, 6.45) is 3.17. The molecule has 98 valence electrons. The first kappa shape index (κ1) is 13.0. The van der Waals surface area contributed by atoms with Crippen LogP contribution in [0.5, 0.6) is 0 Å². The number of benzene rings is 1. The molecule has 0 saturated heterocycles. The molecule has 2 aromatic rings. The Morgan fingerprint density at radius 3 is 2.63 bits per heavy atom.